The van der Waals surface area contributed by atoms with E-state index in [0.29, 0.717) is 0 Å². The van der Waals surface area contributed by atoms with Crippen molar-refractivity contribution >= 4 is 39.2 Å². The minimum absolute atomic E-state index is 0.170. The van der Waals surface area contributed by atoms with E-state index in [0.717, 1.165) is 27.1 Å². The molecular weight excluding hydrogens is 342 g/mol. The van der Waals surface area contributed by atoms with Gasteiger partial charge >= 0.3 is 0 Å². The third kappa shape index (κ3) is 3.09. The number of aryl methyl sites for hydroxylation is 1. The average Bonchev–Trinajstić information content (AvgIpc) is 2.91. The second-order valence-electron chi connectivity index (χ2n) is 4.89. The van der Waals surface area contributed by atoms with Crippen molar-refractivity contribution in [3.63, 3.8) is 0 Å². The monoisotopic (exact) mass is 355 g/mol. The lowest BCUT2D eigenvalue weighted by molar-refractivity contribution is -0.111. The first-order valence-electron chi connectivity index (χ1n) is 6.81. The van der Waals surface area contributed by atoms with Crippen molar-refractivity contribution in [2.75, 3.05) is 5.32 Å². The highest BCUT2D eigenvalue weighted by molar-refractivity contribution is 9.10. The fourth-order valence-corrected chi connectivity index (χ4v) is 2.65. The van der Waals surface area contributed by atoms with Crippen LogP contribution in [0.4, 0.5) is 5.69 Å². The molecule has 0 radical (unpaired) electrons. The molecule has 0 aliphatic heterocycles. The fraction of sp³-hybridized carbons (Fsp3) is 0.0588. The molecule has 3 aromatic rings. The SMILES string of the molecule is Cc1cc(Br)ccc1NC(=O)/C=C/c1cnc2ccccn12. The zero-order valence-electron chi connectivity index (χ0n) is 12.0. The van der Waals surface area contributed by atoms with Gasteiger partial charge in [-0.1, -0.05) is 22.0 Å². The first-order chi connectivity index (χ1) is 10.6. The topological polar surface area (TPSA) is 46.4 Å². The minimum atomic E-state index is -0.170. The number of benzene rings is 1. The number of nitrogens with zero attached hydrogens (tertiary/aromatic N) is 2. The molecule has 2 heterocycles. The molecule has 0 saturated carbocycles. The van der Waals surface area contributed by atoms with E-state index >= 15 is 0 Å². The van der Waals surface area contributed by atoms with Crippen LogP contribution in [0.25, 0.3) is 11.7 Å². The van der Waals surface area contributed by atoms with E-state index in [2.05, 4.69) is 26.2 Å². The lowest BCUT2D eigenvalue weighted by Crippen LogP contribution is -2.08. The van der Waals surface area contributed by atoms with Crippen LogP contribution in [0, 0.1) is 6.92 Å². The highest BCUT2D eigenvalue weighted by Gasteiger charge is 2.03. The Morgan fingerprint density at radius 3 is 3.00 bits per heavy atom. The molecule has 5 heteroatoms. The molecule has 0 fully saturated rings. The van der Waals surface area contributed by atoms with Gasteiger partial charge in [0, 0.05) is 22.4 Å². The molecule has 0 saturated heterocycles. The number of halogens is 1. The van der Waals surface area contributed by atoms with Gasteiger partial charge in [-0.3, -0.25) is 4.79 Å². The number of imidazole rings is 1. The van der Waals surface area contributed by atoms with Crippen LogP contribution in [0.15, 0.2) is 59.3 Å². The van der Waals surface area contributed by atoms with Gasteiger partial charge in [0.2, 0.25) is 5.91 Å². The summed E-state index contributed by atoms with van der Waals surface area (Å²) in [5.41, 5.74) is 3.52. The van der Waals surface area contributed by atoms with Gasteiger partial charge in [-0.05, 0) is 48.9 Å². The third-order valence-electron chi connectivity index (χ3n) is 3.30. The first-order valence-corrected chi connectivity index (χ1v) is 7.60. The Hall–Kier alpha value is -2.40. The zero-order chi connectivity index (χ0) is 15.5. The maximum absolute atomic E-state index is 12.0. The number of hydrogen-bond acceptors (Lipinski definition) is 2. The van der Waals surface area contributed by atoms with E-state index in [9.17, 15) is 4.79 Å². The molecule has 0 aliphatic rings. The van der Waals surface area contributed by atoms with E-state index in [1.165, 1.54) is 6.08 Å². The summed E-state index contributed by atoms with van der Waals surface area (Å²) in [4.78, 5) is 16.3. The predicted molar refractivity (Wildman–Crippen MR) is 91.7 cm³/mol. The number of pyridine rings is 1. The zero-order valence-corrected chi connectivity index (χ0v) is 13.5. The number of nitrogens with one attached hydrogen (secondary N) is 1. The Morgan fingerprint density at radius 1 is 1.32 bits per heavy atom. The quantitative estimate of drug-likeness (QED) is 0.720. The second-order valence-corrected chi connectivity index (χ2v) is 5.81. The Bertz CT molecular complexity index is 867. The molecule has 0 aliphatic carbocycles. The molecule has 3 rings (SSSR count). The number of carbonyl (C=O) groups is 1. The molecule has 22 heavy (non-hydrogen) atoms. The molecular formula is C17H14BrN3O. The van der Waals surface area contributed by atoms with Crippen LogP contribution < -0.4 is 5.32 Å². The Labute approximate surface area is 136 Å². The lowest BCUT2D eigenvalue weighted by Gasteiger charge is -2.06. The molecule has 110 valence electrons. The van der Waals surface area contributed by atoms with Crippen molar-refractivity contribution < 1.29 is 4.79 Å². The largest absolute Gasteiger partial charge is 0.322 e. The second kappa shape index (κ2) is 6.15. The standard InChI is InChI=1S/C17H14BrN3O/c1-12-10-13(18)5-7-15(12)20-17(22)8-6-14-11-19-16-4-2-3-9-21(14)16/h2-11H,1H3,(H,20,22)/b8-6+. The summed E-state index contributed by atoms with van der Waals surface area (Å²) in [7, 11) is 0. The molecule has 1 aromatic carbocycles. The Balaban J connectivity index is 1.76. The van der Waals surface area contributed by atoms with Crippen molar-refractivity contribution in [2.45, 2.75) is 6.92 Å². The molecule has 2 aromatic heterocycles. The average molecular weight is 356 g/mol. The van der Waals surface area contributed by atoms with Crippen LogP contribution in [0.5, 0.6) is 0 Å². The number of hydrogen-bond donors (Lipinski definition) is 1. The summed E-state index contributed by atoms with van der Waals surface area (Å²) in [6.07, 6.45) is 6.92. The number of rotatable bonds is 3. The number of aromatic nitrogens is 2. The summed E-state index contributed by atoms with van der Waals surface area (Å²) in [5, 5.41) is 2.87. The maximum atomic E-state index is 12.0. The highest BCUT2D eigenvalue weighted by atomic mass is 79.9. The van der Waals surface area contributed by atoms with Crippen LogP contribution in [0.1, 0.15) is 11.3 Å². The van der Waals surface area contributed by atoms with Crippen molar-refractivity contribution in [3.05, 3.63) is 70.6 Å². The fourth-order valence-electron chi connectivity index (χ4n) is 2.18. The third-order valence-corrected chi connectivity index (χ3v) is 3.79. The van der Waals surface area contributed by atoms with Crippen molar-refractivity contribution in [3.8, 4) is 0 Å². The molecule has 4 nitrogen and oxygen atoms in total. The van der Waals surface area contributed by atoms with Gasteiger partial charge in [-0.25, -0.2) is 4.98 Å². The van der Waals surface area contributed by atoms with Crippen LogP contribution in [0.3, 0.4) is 0 Å². The minimum Gasteiger partial charge on any atom is -0.322 e. The number of anilines is 1. The number of carbonyl (C=O) groups excluding carboxylic acids is 1. The normalized spacial score (nSPS) is 11.2. The Morgan fingerprint density at radius 2 is 2.18 bits per heavy atom. The van der Waals surface area contributed by atoms with Crippen LogP contribution in [-0.4, -0.2) is 15.3 Å². The van der Waals surface area contributed by atoms with E-state index < -0.39 is 0 Å². The van der Waals surface area contributed by atoms with E-state index in [4.69, 9.17) is 0 Å². The van der Waals surface area contributed by atoms with Crippen LogP contribution in [-0.2, 0) is 4.79 Å². The van der Waals surface area contributed by atoms with Crippen LogP contribution in [0.2, 0.25) is 0 Å². The first kappa shape index (κ1) is 14.5. The lowest BCUT2D eigenvalue weighted by atomic mass is 10.2. The summed E-state index contributed by atoms with van der Waals surface area (Å²) in [6, 6.07) is 11.5. The van der Waals surface area contributed by atoms with Gasteiger partial charge in [0.25, 0.3) is 0 Å². The van der Waals surface area contributed by atoms with Gasteiger partial charge < -0.3 is 9.72 Å². The van der Waals surface area contributed by atoms with Gasteiger partial charge in [0.05, 0.1) is 11.9 Å². The molecule has 0 spiro atoms. The molecule has 0 atom stereocenters. The van der Waals surface area contributed by atoms with Crippen molar-refractivity contribution in [1.29, 1.82) is 0 Å². The highest BCUT2D eigenvalue weighted by Crippen LogP contribution is 2.20. The van der Waals surface area contributed by atoms with Crippen molar-refractivity contribution in [2.24, 2.45) is 0 Å². The maximum Gasteiger partial charge on any atom is 0.248 e. The van der Waals surface area contributed by atoms with Gasteiger partial charge in [-0.2, -0.15) is 0 Å². The predicted octanol–water partition coefficient (Wildman–Crippen LogP) is 4.06. The summed E-state index contributed by atoms with van der Waals surface area (Å²) in [6.45, 7) is 1.95. The summed E-state index contributed by atoms with van der Waals surface area (Å²) in [5.74, 6) is -0.170. The molecule has 1 amide bonds. The molecule has 0 unspecified atom stereocenters. The summed E-state index contributed by atoms with van der Waals surface area (Å²) < 4.78 is 2.92. The molecule has 1 N–H and O–H groups in total. The Kier molecular flexibility index (Phi) is 4.06. The number of amides is 1. The van der Waals surface area contributed by atoms with E-state index in [-0.39, 0.29) is 5.91 Å². The number of fused-ring (bicyclic) bond motifs is 1. The smallest absolute Gasteiger partial charge is 0.248 e. The van der Waals surface area contributed by atoms with Crippen molar-refractivity contribution in [1.82, 2.24) is 9.38 Å². The van der Waals surface area contributed by atoms with E-state index in [1.54, 1.807) is 12.3 Å². The van der Waals surface area contributed by atoms with Gasteiger partial charge in [0.15, 0.2) is 0 Å². The van der Waals surface area contributed by atoms with E-state index in [1.807, 2.05) is 53.9 Å². The summed E-state index contributed by atoms with van der Waals surface area (Å²) >= 11 is 3.41. The van der Waals surface area contributed by atoms with Gasteiger partial charge in [-0.15, -0.1) is 0 Å². The molecule has 0 bridgehead atoms. The van der Waals surface area contributed by atoms with Gasteiger partial charge in [0.1, 0.15) is 5.65 Å². The van der Waals surface area contributed by atoms with Crippen LogP contribution >= 0.6 is 15.9 Å².